The summed E-state index contributed by atoms with van der Waals surface area (Å²) < 4.78 is 169. The first kappa shape index (κ1) is 57.3. The Bertz CT molecular complexity index is 8130. The summed E-state index contributed by atoms with van der Waals surface area (Å²) in [6.45, 7) is 19.5. The lowest BCUT2D eigenvalue weighted by Gasteiger charge is -2.52. The monoisotopic (exact) mass is 1580 g/mol. The van der Waals surface area contributed by atoms with Gasteiger partial charge in [0.1, 0.15) is 0 Å². The maximum absolute atomic E-state index is 10.3. The highest BCUT2D eigenvalue weighted by molar-refractivity contribution is 6.91. The third-order valence-corrected chi connectivity index (χ3v) is 25.3. The maximum atomic E-state index is 10.3. The smallest absolute Gasteiger partial charge is 0.226 e. The van der Waals surface area contributed by atoms with E-state index >= 15 is 0 Å². The van der Waals surface area contributed by atoms with Crippen LogP contribution in [0.1, 0.15) is 115 Å². The van der Waals surface area contributed by atoms with Crippen molar-refractivity contribution in [2.75, 3.05) is 14.7 Å². The van der Waals surface area contributed by atoms with Crippen LogP contribution in [0.15, 0.2) is 382 Å². The van der Waals surface area contributed by atoms with E-state index in [1.165, 1.54) is 0 Å². The van der Waals surface area contributed by atoms with Gasteiger partial charge in [-0.1, -0.05) is 305 Å². The second-order valence-electron chi connectivity index (χ2n) is 35.6. The first-order chi connectivity index (χ1) is 66.0. The fourth-order valence-corrected chi connectivity index (χ4v) is 19.5. The Hall–Kier alpha value is -13.9. The van der Waals surface area contributed by atoms with Crippen LogP contribution in [-0.4, -0.2) is 26.5 Å². The van der Waals surface area contributed by atoms with E-state index in [1.54, 1.807) is 39.8 Å². The lowest BCUT2D eigenvalue weighted by molar-refractivity contribution is 0.474. The Kier molecular flexibility index (Phi) is 13.5. The lowest BCUT2D eigenvalue weighted by atomic mass is 9.28. The highest BCUT2D eigenvalue weighted by Gasteiger charge is 2.52. The van der Waals surface area contributed by atoms with Gasteiger partial charge in [-0.3, -0.25) is 0 Å². The van der Waals surface area contributed by atoms with Gasteiger partial charge in [0.2, 0.25) is 6.71 Å². The fourth-order valence-electron chi connectivity index (χ4n) is 19.5. The lowest BCUT2D eigenvalue weighted by Crippen LogP contribution is -2.62. The van der Waals surface area contributed by atoms with Gasteiger partial charge in [0, 0.05) is 106 Å². The van der Waals surface area contributed by atoms with Crippen molar-refractivity contribution in [2.45, 2.75) is 103 Å². The number of aromatic nitrogens is 3. The number of nitrogens with zero attached hydrogens (tertiary/aromatic N) is 6. The number of rotatable bonds is 12. The zero-order valence-electron chi connectivity index (χ0n) is 85.8. The number of hydrogen-bond donors (Lipinski definition) is 0. The molecule has 584 valence electrons. The minimum atomic E-state index is -0.730. The van der Waals surface area contributed by atoms with Crippen LogP contribution in [0.2, 0.25) is 5.82 Å². The molecule has 19 aromatic rings. The molecule has 2 aliphatic heterocycles. The van der Waals surface area contributed by atoms with E-state index in [0.717, 1.165) is 122 Å². The molecule has 0 saturated carbocycles. The predicted molar refractivity (Wildman–Crippen MR) is 516 cm³/mol. The number of hydrogen-bond acceptors (Lipinski definition) is 3. The molecule has 5 heterocycles. The largest absolute Gasteiger partial charge is 0.339 e. The number of allylic oxidation sites excluding steroid dienone is 1. The maximum Gasteiger partial charge on any atom is 0.226 e. The van der Waals surface area contributed by atoms with E-state index < -0.39 is 121 Å². The number of para-hydroxylation sites is 5. The van der Waals surface area contributed by atoms with E-state index in [-0.39, 0.29) is 67.7 Å². The third kappa shape index (κ3) is 12.3. The molecule has 0 saturated heterocycles. The summed E-state index contributed by atoms with van der Waals surface area (Å²) in [5, 5.41) is 2.62. The SMILES string of the molecule is [2H]c1c([2H])c([2H])c(N(c2ccccc2)c2ccc3c(c2)c2c([2H])c([2H])c([2H])c([2H])c2n3C2C=CC3B4c5ccc(-n6c7c([2H])c([2H])c([2H])c([2H])c7c7c([2H])c([2H])c([2H])c([2H])c76)cc5N(c5c(-c6ccccc6)cc(C(C)(C)C)cc5-c5ccccc5)c5cc(-n6c7ccc(C(C)(C)C)cc7c7cc(C(C)(C)C)ccc76)cc(c54)N(c4cc(-c5ccccc5)cc(-c5ccccc5)c4)C3C2)c([2H])c1[2H]. The molecule has 3 aliphatic rings. The average Bonchev–Trinajstić information content (AvgIpc) is 1.65. The molecule has 0 bridgehead atoms. The zero-order valence-corrected chi connectivity index (χ0v) is 68.8. The molecule has 7 heteroatoms. The molecule has 1 aliphatic carbocycles. The van der Waals surface area contributed by atoms with Gasteiger partial charge in [0.15, 0.2) is 0 Å². The van der Waals surface area contributed by atoms with E-state index in [2.05, 4.69) is 277 Å². The minimum Gasteiger partial charge on any atom is -0.339 e. The third-order valence-electron chi connectivity index (χ3n) is 25.3. The topological polar surface area (TPSA) is 24.5 Å². The quantitative estimate of drug-likeness (QED) is 0.0900. The van der Waals surface area contributed by atoms with Crippen LogP contribution >= 0.6 is 0 Å². The molecule has 0 fully saturated rings. The predicted octanol–water partition coefficient (Wildman–Crippen LogP) is 29.5. The Morgan fingerprint density at radius 3 is 1.36 bits per heavy atom. The van der Waals surface area contributed by atoms with Gasteiger partial charge >= 0.3 is 0 Å². The molecular formula is C114H95BN6. The molecule has 0 radical (unpaired) electrons. The van der Waals surface area contributed by atoms with Crippen molar-refractivity contribution in [3.8, 4) is 55.9 Å². The van der Waals surface area contributed by atoms with Crippen LogP contribution in [0, 0.1) is 0 Å². The molecular weight excluding hydrogens is 1460 g/mol. The Morgan fingerprint density at radius 2 is 0.802 bits per heavy atom. The van der Waals surface area contributed by atoms with Crippen LogP contribution in [0.25, 0.3) is 121 Å². The zero-order chi connectivity index (χ0) is 96.5. The van der Waals surface area contributed by atoms with Crippen LogP contribution in [-0.2, 0) is 16.2 Å². The van der Waals surface area contributed by atoms with Crippen LogP contribution in [0.5, 0.6) is 0 Å². The van der Waals surface area contributed by atoms with Crippen LogP contribution < -0.4 is 25.6 Å². The van der Waals surface area contributed by atoms with E-state index in [4.69, 9.17) is 4.11 Å². The molecule has 6 nitrogen and oxygen atoms in total. The normalized spacial score (nSPS) is 17.2. The molecule has 3 atom stereocenters. The summed E-state index contributed by atoms with van der Waals surface area (Å²) in [5.74, 6) is -0.534. The summed E-state index contributed by atoms with van der Waals surface area (Å²) in [7, 11) is 0. The van der Waals surface area contributed by atoms with Crippen molar-refractivity contribution in [1.29, 1.82) is 0 Å². The Morgan fingerprint density at radius 1 is 0.331 bits per heavy atom. The molecule has 3 unspecified atom stereocenters. The van der Waals surface area contributed by atoms with Crippen molar-refractivity contribution in [3.05, 3.63) is 398 Å². The summed E-state index contributed by atoms with van der Waals surface area (Å²) >= 11 is 0. The highest BCUT2D eigenvalue weighted by atomic mass is 15.2. The summed E-state index contributed by atoms with van der Waals surface area (Å²) in [6, 6.07) is 82.8. The second-order valence-corrected chi connectivity index (χ2v) is 35.6. The first-order valence-electron chi connectivity index (χ1n) is 50.2. The van der Waals surface area contributed by atoms with Crippen molar-refractivity contribution in [3.63, 3.8) is 0 Å². The molecule has 3 aromatic heterocycles. The van der Waals surface area contributed by atoms with Crippen molar-refractivity contribution in [1.82, 2.24) is 13.7 Å². The van der Waals surface area contributed by atoms with Gasteiger partial charge in [-0.15, -0.1) is 0 Å². The van der Waals surface area contributed by atoms with Gasteiger partial charge in [-0.05, 0) is 229 Å². The van der Waals surface area contributed by atoms with Gasteiger partial charge in [0.05, 0.1) is 62.8 Å². The van der Waals surface area contributed by atoms with Crippen molar-refractivity contribution >= 4 is 129 Å². The second kappa shape index (κ2) is 28.4. The summed E-state index contributed by atoms with van der Waals surface area (Å²) in [4.78, 5) is 6.58. The first-order valence-corrected chi connectivity index (χ1v) is 41.7. The van der Waals surface area contributed by atoms with Crippen molar-refractivity contribution in [2.24, 2.45) is 0 Å². The van der Waals surface area contributed by atoms with E-state index in [1.807, 2.05) is 53.1 Å². The Labute approximate surface area is 733 Å². The Balaban J connectivity index is 0.916. The number of anilines is 8. The molecule has 121 heavy (non-hydrogen) atoms. The molecule has 0 spiro atoms. The van der Waals surface area contributed by atoms with E-state index in [0.29, 0.717) is 33.7 Å². The number of benzene rings is 16. The van der Waals surface area contributed by atoms with Gasteiger partial charge < -0.3 is 28.4 Å². The molecule has 0 N–H and O–H groups in total. The molecule has 22 rings (SSSR count). The standard InChI is InChI=1S/C114H95BN6/c1-112(2,3)80-52-59-103-95(65-80)96-66-81(113(4,5)6)53-60-104(96)119(103)89-72-108-110-109(73-89)121(111-93(76-38-20-12-21-39-76)67-82(114(7,8)9)68-94(111)77-40-22-13-23-41-77)107-71-87(117-100-49-31-28-46-90(100)91-47-29-32-50-101(91)117)55-58-99(107)115(110)98-57-54-86(70-106(98)120(108)88-63-78(74-34-16-10-17-35-74)62-79(64-88)75-36-18-11-19-37-75)118-102-51-33-30-48-92(102)97-69-85(56-61-105(97)118)116(83-42-24-14-25-43-83)84-44-26-15-27-45-84/h10-69,71-73,86,98,106H,70H2,1-9H3/i14D,24D,25D,28D,29D,30D,31D,32D,33D,42D,43D,46D,47D,48D,49D,50D,51D. The van der Waals surface area contributed by atoms with E-state index in [9.17, 15) is 19.2 Å². The van der Waals surface area contributed by atoms with Gasteiger partial charge in [-0.25, -0.2) is 0 Å². The van der Waals surface area contributed by atoms with Crippen LogP contribution in [0.3, 0.4) is 0 Å². The molecule has 0 amide bonds. The summed E-state index contributed by atoms with van der Waals surface area (Å²) in [6.07, 6.45) is 4.75. The minimum absolute atomic E-state index is 0.0358. The van der Waals surface area contributed by atoms with Crippen LogP contribution in [0.4, 0.5) is 45.5 Å². The number of fused-ring (bicyclic) bond motifs is 13. The van der Waals surface area contributed by atoms with Crippen molar-refractivity contribution < 1.29 is 23.3 Å². The summed E-state index contributed by atoms with van der Waals surface area (Å²) in [5.41, 5.74) is 19.9. The van der Waals surface area contributed by atoms with Gasteiger partial charge in [0.25, 0.3) is 0 Å². The highest BCUT2D eigenvalue weighted by Crippen LogP contribution is 2.57. The molecule has 16 aromatic carbocycles. The van der Waals surface area contributed by atoms with Gasteiger partial charge in [-0.2, -0.15) is 0 Å². The fraction of sp³-hybridized carbons (Fsp3) is 0.140. The average molecular weight is 1580 g/mol.